The van der Waals surface area contributed by atoms with E-state index >= 15 is 0 Å². The smallest absolute Gasteiger partial charge is 0.226 e. The van der Waals surface area contributed by atoms with Gasteiger partial charge < -0.3 is 10.6 Å². The Morgan fingerprint density at radius 1 is 1.05 bits per heavy atom. The van der Waals surface area contributed by atoms with Crippen LogP contribution in [0, 0.1) is 0 Å². The number of carbonyl (C=O) groups excluding carboxylic acids is 2. The Morgan fingerprint density at radius 3 is 2.58 bits per heavy atom. The molecule has 0 spiro atoms. The van der Waals surface area contributed by atoms with Crippen molar-refractivity contribution in [2.24, 2.45) is 0 Å². The fourth-order valence-electron chi connectivity index (χ4n) is 1.90. The van der Waals surface area contributed by atoms with E-state index in [1.165, 1.54) is 6.92 Å². The van der Waals surface area contributed by atoms with Crippen LogP contribution in [-0.2, 0) is 9.59 Å². The van der Waals surface area contributed by atoms with E-state index in [4.69, 9.17) is 0 Å². The van der Waals surface area contributed by atoms with Crippen LogP contribution < -0.4 is 10.6 Å². The Morgan fingerprint density at radius 2 is 1.79 bits per heavy atom. The molecule has 0 saturated heterocycles. The summed E-state index contributed by atoms with van der Waals surface area (Å²) >= 11 is 0. The van der Waals surface area contributed by atoms with Crippen molar-refractivity contribution in [2.45, 2.75) is 13.3 Å². The number of benzene rings is 2. The molecule has 2 rings (SSSR count). The summed E-state index contributed by atoms with van der Waals surface area (Å²) in [5.41, 5.74) is 0.797. The maximum Gasteiger partial charge on any atom is 0.226 e. The third-order valence-electron chi connectivity index (χ3n) is 2.79. The van der Waals surface area contributed by atoms with Crippen LogP contribution in [0.15, 0.2) is 42.5 Å². The van der Waals surface area contributed by atoms with Crippen molar-refractivity contribution in [3.63, 3.8) is 0 Å². The minimum absolute atomic E-state index is 0.106. The Balaban J connectivity index is 2.05. The number of rotatable bonds is 4. The van der Waals surface area contributed by atoms with Crippen LogP contribution in [0.25, 0.3) is 10.8 Å². The molecule has 4 nitrogen and oxygen atoms in total. The maximum atomic E-state index is 11.8. The molecular formula is C15H16N2O2. The summed E-state index contributed by atoms with van der Waals surface area (Å²) in [7, 11) is 0. The quantitative estimate of drug-likeness (QED) is 0.881. The van der Waals surface area contributed by atoms with E-state index in [1.807, 2.05) is 42.5 Å². The molecule has 2 aromatic carbocycles. The lowest BCUT2D eigenvalue weighted by molar-refractivity contribution is -0.119. The van der Waals surface area contributed by atoms with Crippen LogP contribution in [0.2, 0.25) is 0 Å². The SMILES string of the molecule is CC(=O)NCCC(=O)Nc1cccc2ccccc12. The van der Waals surface area contributed by atoms with E-state index in [0.29, 0.717) is 6.54 Å². The zero-order valence-electron chi connectivity index (χ0n) is 10.8. The van der Waals surface area contributed by atoms with Gasteiger partial charge >= 0.3 is 0 Å². The van der Waals surface area contributed by atoms with Gasteiger partial charge in [-0.3, -0.25) is 9.59 Å². The van der Waals surface area contributed by atoms with Gasteiger partial charge in [-0.25, -0.2) is 0 Å². The predicted molar refractivity (Wildman–Crippen MR) is 75.9 cm³/mol. The standard InChI is InChI=1S/C15H16N2O2/c1-11(18)16-10-9-15(19)17-14-8-4-6-12-5-2-3-7-13(12)14/h2-8H,9-10H2,1H3,(H,16,18)(H,17,19). The third kappa shape index (κ3) is 3.55. The molecule has 2 N–H and O–H groups in total. The molecule has 0 aromatic heterocycles. The summed E-state index contributed by atoms with van der Waals surface area (Å²) in [5, 5.41) is 7.57. The zero-order chi connectivity index (χ0) is 13.7. The van der Waals surface area contributed by atoms with Crippen molar-refractivity contribution in [1.29, 1.82) is 0 Å². The molecule has 0 heterocycles. The fourth-order valence-corrected chi connectivity index (χ4v) is 1.90. The number of fused-ring (bicyclic) bond motifs is 1. The number of carbonyl (C=O) groups is 2. The van der Waals surface area contributed by atoms with Crippen molar-refractivity contribution in [3.8, 4) is 0 Å². The molecule has 19 heavy (non-hydrogen) atoms. The van der Waals surface area contributed by atoms with E-state index in [1.54, 1.807) is 0 Å². The molecule has 2 aromatic rings. The molecule has 0 fully saturated rings. The summed E-state index contributed by atoms with van der Waals surface area (Å²) < 4.78 is 0. The van der Waals surface area contributed by atoms with Crippen molar-refractivity contribution in [1.82, 2.24) is 5.32 Å². The van der Waals surface area contributed by atoms with E-state index < -0.39 is 0 Å². The van der Waals surface area contributed by atoms with Gasteiger partial charge in [0.2, 0.25) is 11.8 Å². The largest absolute Gasteiger partial charge is 0.356 e. The lowest BCUT2D eigenvalue weighted by Crippen LogP contribution is -2.25. The van der Waals surface area contributed by atoms with Crippen LogP contribution in [0.4, 0.5) is 5.69 Å². The monoisotopic (exact) mass is 256 g/mol. The van der Waals surface area contributed by atoms with Crippen molar-refractivity contribution < 1.29 is 9.59 Å². The van der Waals surface area contributed by atoms with Gasteiger partial charge in [0.1, 0.15) is 0 Å². The highest BCUT2D eigenvalue weighted by molar-refractivity contribution is 6.02. The minimum atomic E-state index is -0.127. The summed E-state index contributed by atoms with van der Waals surface area (Å²) in [6.07, 6.45) is 0.267. The third-order valence-corrected chi connectivity index (χ3v) is 2.79. The van der Waals surface area contributed by atoms with Gasteiger partial charge in [0, 0.05) is 31.0 Å². The number of hydrogen-bond donors (Lipinski definition) is 2. The minimum Gasteiger partial charge on any atom is -0.356 e. The van der Waals surface area contributed by atoms with Crippen LogP contribution in [0.3, 0.4) is 0 Å². The average molecular weight is 256 g/mol. The van der Waals surface area contributed by atoms with Gasteiger partial charge in [-0.15, -0.1) is 0 Å². The molecular weight excluding hydrogens is 240 g/mol. The Hall–Kier alpha value is -2.36. The summed E-state index contributed by atoms with van der Waals surface area (Å²) in [6, 6.07) is 13.7. The molecule has 0 radical (unpaired) electrons. The highest BCUT2D eigenvalue weighted by atomic mass is 16.2. The summed E-state index contributed by atoms with van der Waals surface area (Å²) in [5.74, 6) is -0.233. The average Bonchev–Trinajstić information content (AvgIpc) is 2.39. The highest BCUT2D eigenvalue weighted by Gasteiger charge is 2.05. The summed E-state index contributed by atoms with van der Waals surface area (Å²) in [4.78, 5) is 22.5. The van der Waals surface area contributed by atoms with Crippen molar-refractivity contribution in [3.05, 3.63) is 42.5 Å². The van der Waals surface area contributed by atoms with E-state index in [-0.39, 0.29) is 18.2 Å². The number of nitrogens with one attached hydrogen (secondary N) is 2. The fraction of sp³-hybridized carbons (Fsp3) is 0.200. The molecule has 0 atom stereocenters. The van der Waals surface area contributed by atoms with Gasteiger partial charge in [-0.05, 0) is 11.5 Å². The van der Waals surface area contributed by atoms with Crippen LogP contribution in [-0.4, -0.2) is 18.4 Å². The van der Waals surface area contributed by atoms with E-state index in [0.717, 1.165) is 16.5 Å². The lowest BCUT2D eigenvalue weighted by atomic mass is 10.1. The summed E-state index contributed by atoms with van der Waals surface area (Å²) in [6.45, 7) is 1.79. The first-order valence-electron chi connectivity index (χ1n) is 6.19. The zero-order valence-corrected chi connectivity index (χ0v) is 10.8. The molecule has 0 aliphatic rings. The first kappa shape index (κ1) is 13.1. The Labute approximate surface area is 111 Å². The number of hydrogen-bond acceptors (Lipinski definition) is 2. The van der Waals surface area contributed by atoms with Gasteiger partial charge in [-0.1, -0.05) is 36.4 Å². The van der Waals surface area contributed by atoms with Gasteiger partial charge in [0.05, 0.1) is 0 Å². The molecule has 0 unspecified atom stereocenters. The van der Waals surface area contributed by atoms with Gasteiger partial charge in [-0.2, -0.15) is 0 Å². The predicted octanol–water partition coefficient (Wildman–Crippen LogP) is 2.30. The number of amides is 2. The Bertz CT molecular complexity index is 603. The first-order chi connectivity index (χ1) is 9.16. The molecule has 0 bridgehead atoms. The molecule has 2 amide bonds. The van der Waals surface area contributed by atoms with Crippen LogP contribution in [0.5, 0.6) is 0 Å². The lowest BCUT2D eigenvalue weighted by Gasteiger charge is -2.08. The molecule has 0 aliphatic heterocycles. The second-order valence-electron chi connectivity index (χ2n) is 4.31. The van der Waals surface area contributed by atoms with Crippen molar-refractivity contribution >= 4 is 28.3 Å². The van der Waals surface area contributed by atoms with Crippen LogP contribution >= 0.6 is 0 Å². The van der Waals surface area contributed by atoms with Crippen LogP contribution in [0.1, 0.15) is 13.3 Å². The molecule has 0 aliphatic carbocycles. The van der Waals surface area contributed by atoms with Gasteiger partial charge in [0.25, 0.3) is 0 Å². The highest BCUT2D eigenvalue weighted by Crippen LogP contribution is 2.22. The Kier molecular flexibility index (Phi) is 4.13. The topological polar surface area (TPSA) is 58.2 Å². The second kappa shape index (κ2) is 6.00. The number of anilines is 1. The normalized spacial score (nSPS) is 10.2. The molecule has 4 heteroatoms. The van der Waals surface area contributed by atoms with E-state index in [9.17, 15) is 9.59 Å². The molecule has 0 saturated carbocycles. The van der Waals surface area contributed by atoms with Crippen molar-refractivity contribution in [2.75, 3.05) is 11.9 Å². The first-order valence-corrected chi connectivity index (χ1v) is 6.19. The van der Waals surface area contributed by atoms with Gasteiger partial charge in [0.15, 0.2) is 0 Å². The maximum absolute atomic E-state index is 11.8. The second-order valence-corrected chi connectivity index (χ2v) is 4.31. The molecule has 98 valence electrons. The van der Waals surface area contributed by atoms with E-state index in [2.05, 4.69) is 10.6 Å².